The maximum absolute atomic E-state index is 11.8. The van der Waals surface area contributed by atoms with Crippen molar-refractivity contribution >= 4 is 45.7 Å². The van der Waals surface area contributed by atoms with Crippen LogP contribution in [0.25, 0.3) is 0 Å². The van der Waals surface area contributed by atoms with Gasteiger partial charge in [-0.15, -0.1) is 0 Å². The average molecular weight is 383 g/mol. The zero-order chi connectivity index (χ0) is 14.5. The summed E-state index contributed by atoms with van der Waals surface area (Å²) >= 11 is 2.12. The minimum absolute atomic E-state index is 0.0198. The van der Waals surface area contributed by atoms with E-state index in [-0.39, 0.29) is 5.69 Å². The molecule has 6 nitrogen and oxygen atoms in total. The molecule has 20 heavy (non-hydrogen) atoms. The molecule has 0 aromatic heterocycles. The molecule has 0 unspecified atom stereocenters. The number of halogens is 1. The summed E-state index contributed by atoms with van der Waals surface area (Å²) in [6.45, 7) is 0. The lowest BCUT2D eigenvalue weighted by Crippen LogP contribution is -2.19. The van der Waals surface area contributed by atoms with Crippen molar-refractivity contribution < 1.29 is 9.72 Å². The molecule has 0 aliphatic heterocycles. The van der Waals surface area contributed by atoms with Gasteiger partial charge < -0.3 is 10.6 Å². The molecular weight excluding hydrogens is 373 g/mol. The standard InChI is InChI=1S/C13H10IN3O3/c14-11-3-1-2-4-12(11)16-13(18)15-9-5-7-10(8-6-9)17(19)20/h1-8H,(H2,15,16,18). The van der Waals surface area contributed by atoms with Gasteiger partial charge in [0.05, 0.1) is 10.6 Å². The second kappa shape index (κ2) is 6.33. The maximum atomic E-state index is 11.8. The van der Waals surface area contributed by atoms with Crippen LogP contribution in [0, 0.1) is 13.7 Å². The van der Waals surface area contributed by atoms with E-state index >= 15 is 0 Å². The predicted molar refractivity (Wildman–Crippen MR) is 84.9 cm³/mol. The number of para-hydroxylation sites is 1. The topological polar surface area (TPSA) is 84.3 Å². The quantitative estimate of drug-likeness (QED) is 0.480. The van der Waals surface area contributed by atoms with E-state index in [2.05, 4.69) is 33.2 Å². The van der Waals surface area contributed by atoms with Crippen LogP contribution >= 0.6 is 22.6 Å². The monoisotopic (exact) mass is 383 g/mol. The van der Waals surface area contributed by atoms with Gasteiger partial charge in [0, 0.05) is 21.4 Å². The first kappa shape index (κ1) is 14.3. The molecule has 0 saturated heterocycles. The van der Waals surface area contributed by atoms with E-state index < -0.39 is 11.0 Å². The van der Waals surface area contributed by atoms with E-state index in [0.29, 0.717) is 11.4 Å². The number of carbonyl (C=O) groups excluding carboxylic acids is 1. The van der Waals surface area contributed by atoms with Crippen molar-refractivity contribution in [2.24, 2.45) is 0 Å². The molecule has 102 valence electrons. The lowest BCUT2D eigenvalue weighted by Gasteiger charge is -2.08. The lowest BCUT2D eigenvalue weighted by atomic mass is 10.3. The van der Waals surface area contributed by atoms with Crippen molar-refractivity contribution in [2.45, 2.75) is 0 Å². The second-order valence-corrected chi connectivity index (χ2v) is 5.03. The molecule has 0 aliphatic carbocycles. The van der Waals surface area contributed by atoms with Gasteiger partial charge in [0.1, 0.15) is 0 Å². The molecule has 0 saturated carbocycles. The van der Waals surface area contributed by atoms with Crippen molar-refractivity contribution in [1.29, 1.82) is 0 Å². The number of anilines is 2. The van der Waals surface area contributed by atoms with E-state index in [4.69, 9.17) is 0 Å². The first-order valence-electron chi connectivity index (χ1n) is 5.63. The molecule has 2 amide bonds. The van der Waals surface area contributed by atoms with E-state index in [0.717, 1.165) is 3.57 Å². The number of urea groups is 1. The third-order valence-electron chi connectivity index (χ3n) is 2.46. The number of hydrogen-bond donors (Lipinski definition) is 2. The molecule has 0 spiro atoms. The van der Waals surface area contributed by atoms with Crippen molar-refractivity contribution in [3.8, 4) is 0 Å². The van der Waals surface area contributed by atoms with E-state index in [1.165, 1.54) is 24.3 Å². The molecule has 7 heteroatoms. The van der Waals surface area contributed by atoms with Crippen LogP contribution in [0.5, 0.6) is 0 Å². The Morgan fingerprint density at radius 3 is 2.30 bits per heavy atom. The van der Waals surface area contributed by atoms with Crippen LogP contribution in [0.3, 0.4) is 0 Å². The van der Waals surface area contributed by atoms with Gasteiger partial charge in [0.15, 0.2) is 0 Å². The minimum atomic E-state index is -0.490. The fourth-order valence-corrected chi connectivity index (χ4v) is 2.04. The van der Waals surface area contributed by atoms with Crippen LogP contribution in [0.2, 0.25) is 0 Å². The largest absolute Gasteiger partial charge is 0.323 e. The van der Waals surface area contributed by atoms with Crippen LogP contribution < -0.4 is 10.6 Å². The van der Waals surface area contributed by atoms with Crippen molar-refractivity contribution in [2.75, 3.05) is 10.6 Å². The van der Waals surface area contributed by atoms with Gasteiger partial charge in [-0.05, 0) is 46.9 Å². The number of nitro benzene ring substituents is 1. The minimum Gasteiger partial charge on any atom is -0.308 e. The van der Waals surface area contributed by atoms with Gasteiger partial charge in [-0.3, -0.25) is 10.1 Å². The highest BCUT2D eigenvalue weighted by Gasteiger charge is 2.07. The highest BCUT2D eigenvalue weighted by molar-refractivity contribution is 14.1. The van der Waals surface area contributed by atoms with Crippen LogP contribution in [-0.4, -0.2) is 11.0 Å². The van der Waals surface area contributed by atoms with Crippen LogP contribution in [0.4, 0.5) is 21.9 Å². The normalized spacial score (nSPS) is 9.85. The van der Waals surface area contributed by atoms with E-state index in [1.807, 2.05) is 18.2 Å². The Morgan fingerprint density at radius 2 is 1.70 bits per heavy atom. The van der Waals surface area contributed by atoms with Gasteiger partial charge in [0.2, 0.25) is 0 Å². The first-order chi connectivity index (χ1) is 9.56. The Hall–Kier alpha value is -2.16. The molecule has 2 aromatic rings. The van der Waals surface area contributed by atoms with E-state index in [1.54, 1.807) is 6.07 Å². The summed E-state index contributed by atoms with van der Waals surface area (Å²) in [5, 5.41) is 15.8. The number of non-ortho nitro benzene ring substituents is 1. The fourth-order valence-electron chi connectivity index (χ4n) is 1.51. The molecule has 2 rings (SSSR count). The summed E-state index contributed by atoms with van der Waals surface area (Å²) in [5.74, 6) is 0. The Labute approximate surface area is 128 Å². The van der Waals surface area contributed by atoms with Gasteiger partial charge in [-0.2, -0.15) is 0 Å². The molecular formula is C13H10IN3O3. The number of amides is 2. The molecule has 0 atom stereocenters. The average Bonchev–Trinajstić information content (AvgIpc) is 2.42. The van der Waals surface area contributed by atoms with Crippen molar-refractivity contribution in [3.05, 3.63) is 62.2 Å². The highest BCUT2D eigenvalue weighted by atomic mass is 127. The highest BCUT2D eigenvalue weighted by Crippen LogP contribution is 2.18. The Balaban J connectivity index is 2.01. The van der Waals surface area contributed by atoms with Gasteiger partial charge >= 0.3 is 6.03 Å². The number of nitro groups is 1. The third-order valence-corrected chi connectivity index (χ3v) is 3.40. The third kappa shape index (κ3) is 3.67. The van der Waals surface area contributed by atoms with Crippen LogP contribution in [0.1, 0.15) is 0 Å². The summed E-state index contributed by atoms with van der Waals surface area (Å²) in [4.78, 5) is 21.8. The maximum Gasteiger partial charge on any atom is 0.323 e. The van der Waals surface area contributed by atoms with Crippen LogP contribution in [0.15, 0.2) is 48.5 Å². The number of carbonyl (C=O) groups is 1. The predicted octanol–water partition coefficient (Wildman–Crippen LogP) is 3.84. The van der Waals surface area contributed by atoms with Crippen LogP contribution in [-0.2, 0) is 0 Å². The van der Waals surface area contributed by atoms with E-state index in [9.17, 15) is 14.9 Å². The number of nitrogens with one attached hydrogen (secondary N) is 2. The second-order valence-electron chi connectivity index (χ2n) is 3.86. The van der Waals surface area contributed by atoms with Crippen molar-refractivity contribution in [3.63, 3.8) is 0 Å². The lowest BCUT2D eigenvalue weighted by molar-refractivity contribution is -0.384. The molecule has 2 N–H and O–H groups in total. The Bertz CT molecular complexity index is 644. The summed E-state index contributed by atoms with van der Waals surface area (Å²) in [6.07, 6.45) is 0. The van der Waals surface area contributed by atoms with Gasteiger partial charge in [0.25, 0.3) is 5.69 Å². The summed E-state index contributed by atoms with van der Waals surface area (Å²) in [5.41, 5.74) is 1.17. The fraction of sp³-hybridized carbons (Fsp3) is 0. The molecule has 0 fully saturated rings. The summed E-state index contributed by atoms with van der Waals surface area (Å²) < 4.78 is 0.920. The summed E-state index contributed by atoms with van der Waals surface area (Å²) in [7, 11) is 0. The first-order valence-corrected chi connectivity index (χ1v) is 6.71. The summed E-state index contributed by atoms with van der Waals surface area (Å²) in [6, 6.07) is 12.6. The number of rotatable bonds is 3. The van der Waals surface area contributed by atoms with Gasteiger partial charge in [-0.1, -0.05) is 12.1 Å². The molecule has 0 radical (unpaired) electrons. The zero-order valence-electron chi connectivity index (χ0n) is 10.2. The number of benzene rings is 2. The van der Waals surface area contributed by atoms with Gasteiger partial charge in [-0.25, -0.2) is 4.79 Å². The molecule has 2 aromatic carbocycles. The Kier molecular flexibility index (Phi) is 4.51. The molecule has 0 bridgehead atoms. The number of nitrogens with zero attached hydrogens (tertiary/aromatic N) is 1. The molecule has 0 heterocycles. The smallest absolute Gasteiger partial charge is 0.308 e. The Morgan fingerprint density at radius 1 is 1.05 bits per heavy atom. The zero-order valence-corrected chi connectivity index (χ0v) is 12.3. The molecule has 0 aliphatic rings. The van der Waals surface area contributed by atoms with Crippen molar-refractivity contribution in [1.82, 2.24) is 0 Å². The SMILES string of the molecule is O=C(Nc1ccc([N+](=O)[O-])cc1)Nc1ccccc1I. The number of hydrogen-bond acceptors (Lipinski definition) is 3.